The first kappa shape index (κ1) is 224. The van der Waals surface area contributed by atoms with E-state index in [2.05, 4.69) is 139 Å². The summed E-state index contributed by atoms with van der Waals surface area (Å²) in [6.07, 6.45) is 9.39. The van der Waals surface area contributed by atoms with Crippen molar-refractivity contribution < 1.29 is 164 Å². The Balaban J connectivity index is -0.00000000871. The Kier molecular flexibility index (Phi) is 981. The Labute approximate surface area is 596 Å². The Bertz CT molecular complexity index is 766. The molecule has 0 unspecified atom stereocenters. The van der Waals surface area contributed by atoms with Gasteiger partial charge < -0.3 is 204 Å². The number of hydrogen-bond acceptors (Lipinski definition) is 26. The van der Waals surface area contributed by atoms with Crippen molar-refractivity contribution in [3.05, 3.63) is 174 Å². The SMILES string of the molecule is C=C(C)C.C=C(N)N.C=C(N)N.C=C(N)N.C=C(N)NC.C=C(N)NC.C=C(N)NC.C=C(NC)NC.C=[C-]CC.C=[C-]N.C=[C-]N.CC.CC=NC.CN.CN.CN.N.N.N.N.N.N.[CH3-].[CH3-].[CH3-].[CH3-].[CH3-].[Y].[Y].[Y].[Y].[Y]. The van der Waals surface area contributed by atoms with Gasteiger partial charge in [0.25, 0.3) is 0 Å². The van der Waals surface area contributed by atoms with Crippen molar-refractivity contribution in [3.8, 4) is 0 Å². The van der Waals surface area contributed by atoms with E-state index in [1.807, 2.05) is 68.0 Å². The molecule has 0 bridgehead atoms. The van der Waals surface area contributed by atoms with Crippen molar-refractivity contribution in [1.29, 1.82) is 0 Å². The molecule has 75 heavy (non-hydrogen) atoms. The Morgan fingerprint density at radius 1 is 0.440 bits per heavy atom. The fraction of sp³-hybridized carbons (Fsp3) is 0.364. The van der Waals surface area contributed by atoms with Crippen LogP contribution in [-0.4, -0.2) is 69.6 Å². The summed E-state index contributed by atoms with van der Waals surface area (Å²) in [5.74, 6) is 2.86. The van der Waals surface area contributed by atoms with E-state index < -0.39 is 0 Å². The quantitative estimate of drug-likeness (QED) is 0.0784. The summed E-state index contributed by atoms with van der Waals surface area (Å²) >= 11 is 0. The van der Waals surface area contributed by atoms with Crippen molar-refractivity contribution in [2.75, 3.05) is 63.4 Å². The summed E-state index contributed by atoms with van der Waals surface area (Å²) in [5.41, 5.74) is 66.8. The van der Waals surface area contributed by atoms with Gasteiger partial charge in [-0.05, 0) is 48.1 Å². The van der Waals surface area contributed by atoms with Crippen LogP contribution in [0.5, 0.6) is 0 Å². The van der Waals surface area contributed by atoms with Crippen LogP contribution in [0.4, 0.5) is 0 Å². The first-order valence-electron chi connectivity index (χ1n) is 16.9. The average Bonchev–Trinajstić information content (AvgIpc) is 3.18. The minimum Gasteiger partial charge on any atom is -0.580 e. The third-order valence-electron chi connectivity index (χ3n) is 2.08. The predicted molar refractivity (Wildman–Crippen MR) is 337 cm³/mol. The number of nitrogens with two attached hydrogens (primary N) is 14. The molecule has 31 heteroatoms. The van der Waals surface area contributed by atoms with Crippen LogP contribution < -0.4 is 144 Å². The normalized spacial score (nSPS) is 4.67. The predicted octanol–water partition coefficient (Wildman–Crippen LogP) is 3.35. The van der Waals surface area contributed by atoms with Gasteiger partial charge in [0.05, 0.1) is 40.7 Å². The van der Waals surface area contributed by atoms with Crippen LogP contribution in [0.25, 0.3) is 0 Å². The summed E-state index contributed by atoms with van der Waals surface area (Å²) < 4.78 is 0. The average molecular weight is 1470 g/mol. The number of hydrogen-bond donors (Lipinski definition) is 25. The number of rotatable bonds is 6. The topological polar surface area (TPSA) is 647 Å². The fourth-order valence-electron chi connectivity index (χ4n) is 0.125. The molecule has 0 aliphatic heterocycles. The largest absolute Gasteiger partial charge is 0.580 e. The molecule has 465 valence electrons. The van der Waals surface area contributed by atoms with Gasteiger partial charge in [-0.25, -0.2) is 0 Å². The number of allylic oxidation sites excluding steroid dienone is 2. The van der Waals surface area contributed by atoms with E-state index in [9.17, 15) is 0 Å². The molecule has 0 aromatic heterocycles. The van der Waals surface area contributed by atoms with Crippen molar-refractivity contribution >= 4 is 6.21 Å². The molecule has 0 aliphatic rings. The van der Waals surface area contributed by atoms with Gasteiger partial charge in [0.15, 0.2) is 0 Å². The molecule has 0 aromatic carbocycles. The maximum Gasteiger partial charge on any atom is 0.0907 e. The minimum absolute atomic E-state index is 0. The summed E-state index contributed by atoms with van der Waals surface area (Å²) in [5, 5.41) is 13.5. The second kappa shape index (κ2) is 329. The maximum absolute atomic E-state index is 4.99. The molecule has 5 radical (unpaired) electrons. The van der Waals surface area contributed by atoms with Crippen molar-refractivity contribution in [2.24, 2.45) is 85.3 Å². The zero-order valence-electron chi connectivity index (χ0n) is 52.7. The fourth-order valence-corrected chi connectivity index (χ4v) is 0.125. The molecule has 0 aliphatic carbocycles. The Morgan fingerprint density at radius 3 is 0.507 bits per heavy atom. The van der Waals surface area contributed by atoms with Gasteiger partial charge in [-0.1, -0.05) is 72.4 Å². The first-order chi connectivity index (χ1) is 27.2. The summed E-state index contributed by atoms with van der Waals surface area (Å²) in [6, 6.07) is 0. The third-order valence-corrected chi connectivity index (χ3v) is 2.08. The van der Waals surface area contributed by atoms with Gasteiger partial charge in [0, 0.05) is 206 Å². The molecule has 0 saturated carbocycles. The molecule has 0 amide bonds. The van der Waals surface area contributed by atoms with E-state index in [0.717, 1.165) is 12.2 Å². The van der Waals surface area contributed by atoms with Gasteiger partial charge in [-0.2, -0.15) is 6.42 Å². The smallest absolute Gasteiger partial charge is 0.0907 e. The molecule has 0 saturated heterocycles. The summed E-state index contributed by atoms with van der Waals surface area (Å²) in [4.78, 5) is 3.61. The van der Waals surface area contributed by atoms with Gasteiger partial charge in [-0.15, -0.1) is 6.58 Å². The minimum atomic E-state index is 0. The monoisotopic (exact) mass is 1470 g/mol. The van der Waals surface area contributed by atoms with Crippen LogP contribution in [0, 0.1) is 55.6 Å². The number of aliphatic imine (C=N–C) groups is 1. The van der Waals surface area contributed by atoms with E-state index >= 15 is 0 Å². The Morgan fingerprint density at radius 2 is 0.507 bits per heavy atom. The second-order valence-electron chi connectivity index (χ2n) is 7.76. The van der Waals surface area contributed by atoms with Gasteiger partial charge in [0.2, 0.25) is 0 Å². The van der Waals surface area contributed by atoms with Gasteiger partial charge in [0.1, 0.15) is 0 Å². The number of nitrogens with one attached hydrogen (secondary N) is 5. The molecule has 0 aromatic rings. The molecule has 0 atom stereocenters. The van der Waals surface area contributed by atoms with E-state index in [1.54, 1.807) is 34.4 Å². The van der Waals surface area contributed by atoms with Gasteiger partial charge in [-0.3, -0.25) is 19.7 Å². The standard InChI is InChI=1S/C4H10N2.C4H8.C4H7.3C3H8N2.C3H7N.3C2H6N2.2C2H4N.C2H6.3CH5N.5CH3.6H3N.5Y/c1-4(5-2)6-3;1-4(2)3;1-3-4-2;3*1-3(4)5-2;1-3-4-2;3*1-2(3)4;2*1-2-3;4*1-2;;;;;;;;;;;;;;;;/h5-6H,1H2,2-3H3;1H2,2-3H3;1,4H2,2H3;3*5H,1,4H2,2H3;3H,1-2H3;3*1,3-4H2;2*1,3H2;1-2H3;3*2H2,1H3;11*1H3;;;;;/q;;-1;;;;;;;;2*-1;;;;;5*-1;;;;;;;;;;;. The Hall–Kier alpha value is -1.23. The molecule has 26 nitrogen and oxygen atoms in total. The van der Waals surface area contributed by atoms with E-state index in [0.29, 0.717) is 17.5 Å². The van der Waals surface area contributed by atoms with Crippen LogP contribution in [0.3, 0.4) is 0 Å². The van der Waals surface area contributed by atoms with E-state index in [4.69, 9.17) is 51.6 Å². The third kappa shape index (κ3) is 3140. The van der Waals surface area contributed by atoms with Crippen LogP contribution in [-0.2, 0) is 164 Å². The molecule has 0 fully saturated rings. The van der Waals surface area contributed by atoms with Crippen molar-refractivity contribution in [3.63, 3.8) is 0 Å². The zero-order chi connectivity index (χ0) is 52.4. The molecular weight excluding hydrogens is 1340 g/mol. The molecule has 0 spiro atoms. The molecular formula is C44H136N26Y5-8. The molecule has 0 rings (SSSR count). The van der Waals surface area contributed by atoms with Crippen LogP contribution in [0.15, 0.2) is 124 Å². The summed E-state index contributed by atoms with van der Waals surface area (Å²) in [6.45, 7) is 47.7. The van der Waals surface area contributed by atoms with Crippen molar-refractivity contribution in [2.45, 2.75) is 48.0 Å². The zero-order valence-corrected chi connectivity index (χ0v) is 66.9. The van der Waals surface area contributed by atoms with Crippen LogP contribution in [0.1, 0.15) is 48.0 Å². The van der Waals surface area contributed by atoms with Gasteiger partial charge >= 0.3 is 0 Å². The molecule has 51 N–H and O–H groups in total. The first-order valence-corrected chi connectivity index (χ1v) is 16.9. The maximum atomic E-state index is 4.99. The van der Waals surface area contributed by atoms with Crippen molar-refractivity contribution in [1.82, 2.24) is 63.5 Å². The van der Waals surface area contributed by atoms with E-state index in [1.165, 1.54) is 26.7 Å². The molecule has 0 heterocycles. The number of nitrogens with zero attached hydrogens (tertiary/aromatic N) is 1. The second-order valence-corrected chi connectivity index (χ2v) is 7.76. The summed E-state index contributed by atoms with van der Waals surface area (Å²) in [7, 11) is 15.1. The van der Waals surface area contributed by atoms with Crippen LogP contribution in [0.2, 0.25) is 0 Å². The van der Waals surface area contributed by atoms with E-state index in [-0.39, 0.29) is 255 Å². The van der Waals surface area contributed by atoms with Crippen LogP contribution >= 0.6 is 0 Å².